The molecule has 0 aliphatic rings. The number of carboxylic acid groups (broad SMARTS) is 1. The van der Waals surface area contributed by atoms with E-state index in [0.29, 0.717) is 5.56 Å². The summed E-state index contributed by atoms with van der Waals surface area (Å²) >= 11 is 0. The third-order valence-corrected chi connectivity index (χ3v) is 6.21. The molecule has 31 heavy (non-hydrogen) atoms. The summed E-state index contributed by atoms with van der Waals surface area (Å²) in [5, 5.41) is 8.99. The van der Waals surface area contributed by atoms with Crippen LogP contribution in [0.25, 0.3) is 0 Å². The molecule has 0 aliphatic carbocycles. The fourth-order valence-electron chi connectivity index (χ4n) is 2.88. The molecule has 0 bridgehead atoms. The number of carboxylic acids is 1. The van der Waals surface area contributed by atoms with Gasteiger partial charge in [0.1, 0.15) is 18.2 Å². The lowest BCUT2D eigenvalue weighted by molar-refractivity contribution is 0.0697. The Morgan fingerprint density at radius 1 is 1.06 bits per heavy atom. The first-order valence-corrected chi connectivity index (χ1v) is 10.7. The van der Waals surface area contributed by atoms with Gasteiger partial charge in [-0.3, -0.25) is 4.31 Å². The quantitative estimate of drug-likeness (QED) is 0.495. The topological polar surface area (TPSA) is 83.9 Å². The predicted octanol–water partition coefficient (Wildman–Crippen LogP) is 4.48. The van der Waals surface area contributed by atoms with Crippen LogP contribution in [0.1, 0.15) is 15.9 Å². The lowest BCUT2D eigenvalue weighted by Crippen LogP contribution is -2.31. The maximum absolute atomic E-state index is 14.0. The van der Waals surface area contributed by atoms with Gasteiger partial charge in [-0.05, 0) is 42.0 Å². The Morgan fingerprint density at radius 2 is 1.74 bits per heavy atom. The largest absolute Gasteiger partial charge is 0.487 e. The minimum Gasteiger partial charge on any atom is -0.487 e. The number of nitrogens with zero attached hydrogens (tertiary/aromatic N) is 1. The van der Waals surface area contributed by atoms with Gasteiger partial charge in [0.05, 0.1) is 22.7 Å². The molecule has 0 aromatic heterocycles. The first-order valence-electron chi connectivity index (χ1n) is 9.26. The van der Waals surface area contributed by atoms with E-state index in [2.05, 4.69) is 6.58 Å². The number of rotatable bonds is 9. The van der Waals surface area contributed by atoms with Crippen molar-refractivity contribution in [2.24, 2.45) is 0 Å². The van der Waals surface area contributed by atoms with Crippen LogP contribution >= 0.6 is 0 Å². The van der Waals surface area contributed by atoms with Gasteiger partial charge < -0.3 is 9.84 Å². The number of ether oxygens (including phenoxy) is 1. The van der Waals surface area contributed by atoms with E-state index < -0.39 is 21.8 Å². The van der Waals surface area contributed by atoms with Crippen molar-refractivity contribution < 1.29 is 27.4 Å². The van der Waals surface area contributed by atoms with Crippen molar-refractivity contribution in [3.8, 4) is 5.75 Å². The highest BCUT2D eigenvalue weighted by atomic mass is 32.2. The Kier molecular flexibility index (Phi) is 6.71. The number of aromatic carboxylic acids is 1. The van der Waals surface area contributed by atoms with Crippen LogP contribution in [0.4, 0.5) is 10.1 Å². The summed E-state index contributed by atoms with van der Waals surface area (Å²) in [5.74, 6) is -1.61. The van der Waals surface area contributed by atoms with Gasteiger partial charge in [-0.15, -0.1) is 6.58 Å². The number of anilines is 1. The highest BCUT2D eigenvalue weighted by molar-refractivity contribution is 7.92. The fourth-order valence-corrected chi connectivity index (χ4v) is 4.34. The second kappa shape index (κ2) is 9.44. The van der Waals surface area contributed by atoms with Gasteiger partial charge in [-0.1, -0.05) is 36.4 Å². The third-order valence-electron chi connectivity index (χ3n) is 4.41. The maximum Gasteiger partial charge on any atom is 0.335 e. The summed E-state index contributed by atoms with van der Waals surface area (Å²) in [6.07, 6.45) is 1.43. The van der Waals surface area contributed by atoms with Crippen molar-refractivity contribution in [3.63, 3.8) is 0 Å². The summed E-state index contributed by atoms with van der Waals surface area (Å²) in [6, 6.07) is 17.5. The molecule has 0 saturated heterocycles. The van der Waals surface area contributed by atoms with Gasteiger partial charge in [0.25, 0.3) is 10.0 Å². The Morgan fingerprint density at radius 3 is 2.35 bits per heavy atom. The second-order valence-electron chi connectivity index (χ2n) is 6.54. The Bertz CT molecular complexity index is 1180. The van der Waals surface area contributed by atoms with Crippen LogP contribution in [0.2, 0.25) is 0 Å². The third kappa shape index (κ3) is 5.10. The smallest absolute Gasteiger partial charge is 0.335 e. The second-order valence-corrected chi connectivity index (χ2v) is 8.40. The van der Waals surface area contributed by atoms with E-state index in [9.17, 15) is 17.6 Å². The zero-order valence-corrected chi connectivity index (χ0v) is 17.3. The van der Waals surface area contributed by atoms with Crippen molar-refractivity contribution >= 4 is 21.7 Å². The lowest BCUT2D eigenvalue weighted by atomic mass is 10.1. The van der Waals surface area contributed by atoms with Gasteiger partial charge in [-0.2, -0.15) is 0 Å². The van der Waals surface area contributed by atoms with E-state index in [-0.39, 0.29) is 35.0 Å². The van der Waals surface area contributed by atoms with Crippen molar-refractivity contribution in [2.75, 3.05) is 10.8 Å². The van der Waals surface area contributed by atoms with Gasteiger partial charge in [0.2, 0.25) is 0 Å². The zero-order chi connectivity index (χ0) is 22.4. The van der Waals surface area contributed by atoms with Crippen LogP contribution in [-0.2, 0) is 16.6 Å². The minimum absolute atomic E-state index is 0.0103. The number of hydrogen-bond acceptors (Lipinski definition) is 4. The molecule has 3 aromatic carbocycles. The van der Waals surface area contributed by atoms with E-state index in [1.54, 1.807) is 30.3 Å². The van der Waals surface area contributed by atoms with E-state index in [4.69, 9.17) is 9.84 Å². The molecule has 0 amide bonds. The van der Waals surface area contributed by atoms with Gasteiger partial charge in [0.15, 0.2) is 0 Å². The summed E-state index contributed by atoms with van der Waals surface area (Å²) in [6.45, 7) is 3.57. The molecule has 160 valence electrons. The molecule has 0 fully saturated rings. The lowest BCUT2D eigenvalue weighted by Gasteiger charge is -2.25. The standard InChI is InChI=1S/C23H20FNO5S/c1-2-14-25(31(28,29)20-6-4-3-5-7-20)21-13-12-19(24)15-22(21)30-16-17-8-10-18(11-9-17)23(26)27/h2-13,15H,1,14,16H2,(H,26,27). The number of halogens is 1. The average molecular weight is 441 g/mol. The summed E-state index contributed by atoms with van der Waals surface area (Å²) in [7, 11) is -3.96. The summed E-state index contributed by atoms with van der Waals surface area (Å²) < 4.78 is 47.2. The minimum atomic E-state index is -3.96. The van der Waals surface area contributed by atoms with E-state index in [1.165, 1.54) is 36.4 Å². The molecule has 0 atom stereocenters. The maximum atomic E-state index is 14.0. The highest BCUT2D eigenvalue weighted by Crippen LogP contribution is 2.34. The molecule has 0 heterocycles. The Labute approximate surface area is 179 Å². The first kappa shape index (κ1) is 22.0. The molecule has 3 rings (SSSR count). The number of benzene rings is 3. The van der Waals surface area contributed by atoms with Crippen LogP contribution in [0.15, 0.2) is 90.3 Å². The normalized spacial score (nSPS) is 11.0. The molecule has 6 nitrogen and oxygen atoms in total. The number of hydrogen-bond donors (Lipinski definition) is 1. The molecular formula is C23H20FNO5S. The molecule has 0 radical (unpaired) electrons. The van der Waals surface area contributed by atoms with Crippen molar-refractivity contribution in [1.29, 1.82) is 0 Å². The molecule has 0 saturated carbocycles. The van der Waals surface area contributed by atoms with E-state index in [1.807, 2.05) is 0 Å². The van der Waals surface area contributed by atoms with Gasteiger partial charge in [0, 0.05) is 6.07 Å². The highest BCUT2D eigenvalue weighted by Gasteiger charge is 2.26. The monoisotopic (exact) mass is 441 g/mol. The van der Waals surface area contributed by atoms with Crippen LogP contribution in [0, 0.1) is 5.82 Å². The first-order chi connectivity index (χ1) is 14.8. The van der Waals surface area contributed by atoms with Crippen LogP contribution in [0.3, 0.4) is 0 Å². The molecule has 8 heteroatoms. The number of carbonyl (C=O) groups is 1. The van der Waals surface area contributed by atoms with Crippen molar-refractivity contribution in [1.82, 2.24) is 0 Å². The Hall–Kier alpha value is -3.65. The van der Waals surface area contributed by atoms with Crippen molar-refractivity contribution in [3.05, 3.63) is 102 Å². The average Bonchev–Trinajstić information content (AvgIpc) is 2.77. The molecular weight excluding hydrogens is 421 g/mol. The molecule has 0 spiro atoms. The number of sulfonamides is 1. The van der Waals surface area contributed by atoms with E-state index >= 15 is 0 Å². The van der Waals surface area contributed by atoms with Crippen LogP contribution < -0.4 is 9.04 Å². The molecule has 0 aliphatic heterocycles. The zero-order valence-electron chi connectivity index (χ0n) is 16.4. The molecule has 1 N–H and O–H groups in total. The summed E-state index contributed by atoms with van der Waals surface area (Å²) in [5.41, 5.74) is 0.926. The molecule has 3 aromatic rings. The van der Waals surface area contributed by atoms with Crippen LogP contribution in [0.5, 0.6) is 5.75 Å². The summed E-state index contributed by atoms with van der Waals surface area (Å²) in [4.78, 5) is 11.1. The van der Waals surface area contributed by atoms with Gasteiger partial charge >= 0.3 is 5.97 Å². The predicted molar refractivity (Wildman–Crippen MR) is 115 cm³/mol. The van der Waals surface area contributed by atoms with Crippen molar-refractivity contribution in [2.45, 2.75) is 11.5 Å². The molecule has 0 unspecified atom stereocenters. The van der Waals surface area contributed by atoms with Crippen LogP contribution in [-0.4, -0.2) is 26.0 Å². The fraction of sp³-hybridized carbons (Fsp3) is 0.0870. The Balaban J connectivity index is 1.94. The van der Waals surface area contributed by atoms with Gasteiger partial charge in [-0.25, -0.2) is 17.6 Å². The van der Waals surface area contributed by atoms with E-state index in [0.717, 1.165) is 16.4 Å². The SMILES string of the molecule is C=CCN(c1ccc(F)cc1OCc1ccc(C(=O)O)cc1)S(=O)(=O)c1ccccc1.